The summed E-state index contributed by atoms with van der Waals surface area (Å²) in [5, 5.41) is 17.7. The Morgan fingerprint density at radius 3 is 2.39 bits per heavy atom. The molecule has 3 aromatic rings. The van der Waals surface area contributed by atoms with Crippen molar-refractivity contribution in [3.05, 3.63) is 71.8 Å². The maximum Gasteiger partial charge on any atom is 0.246 e. The smallest absolute Gasteiger partial charge is 0.246 e. The summed E-state index contributed by atoms with van der Waals surface area (Å²) in [6.45, 7) is 1.87. The molecule has 1 amide bonds. The van der Waals surface area contributed by atoms with Gasteiger partial charge in [0.2, 0.25) is 5.91 Å². The minimum atomic E-state index is -0.435. The van der Waals surface area contributed by atoms with E-state index < -0.39 is 5.41 Å². The Morgan fingerprint density at radius 2 is 1.73 bits per heavy atom. The first kappa shape index (κ1) is 20.2. The highest BCUT2D eigenvalue weighted by Crippen LogP contribution is 2.64. The van der Waals surface area contributed by atoms with Gasteiger partial charge in [0.1, 0.15) is 0 Å². The van der Waals surface area contributed by atoms with E-state index in [1.54, 1.807) is 12.4 Å². The summed E-state index contributed by atoms with van der Waals surface area (Å²) in [5.41, 5.74) is 4.93. The molecule has 2 aromatic heterocycles. The minimum absolute atomic E-state index is 0.0142. The molecule has 2 atom stereocenters. The number of pyridine rings is 1. The van der Waals surface area contributed by atoms with Crippen LogP contribution in [0.4, 0.5) is 0 Å². The van der Waals surface area contributed by atoms with Gasteiger partial charge in [0.15, 0.2) is 5.82 Å². The van der Waals surface area contributed by atoms with Gasteiger partial charge in [-0.05, 0) is 74.6 Å². The number of aryl methyl sites for hydroxylation is 1. The van der Waals surface area contributed by atoms with Crippen molar-refractivity contribution >= 4 is 11.6 Å². The molecular formula is C25H27N7O. The molecule has 8 heteroatoms. The summed E-state index contributed by atoms with van der Waals surface area (Å²) in [5.74, 6) is 1.72. The number of nitrogens with zero attached hydrogens (tertiary/aromatic N) is 6. The van der Waals surface area contributed by atoms with Gasteiger partial charge in [0, 0.05) is 23.5 Å². The summed E-state index contributed by atoms with van der Waals surface area (Å²) in [6.07, 6.45) is 9.32. The first-order chi connectivity index (χ1) is 16.1. The van der Waals surface area contributed by atoms with E-state index in [1.807, 2.05) is 54.2 Å². The minimum Gasteiger partial charge on any atom is -0.273 e. The number of hydrogen-bond donors (Lipinski definition) is 1. The normalized spacial score (nSPS) is 30.4. The highest BCUT2D eigenvalue weighted by atomic mass is 16.2. The maximum atomic E-state index is 13.7. The number of carbonyl (C=O) groups is 1. The third-order valence-electron chi connectivity index (χ3n) is 7.72. The monoisotopic (exact) mass is 441 g/mol. The molecule has 33 heavy (non-hydrogen) atoms. The van der Waals surface area contributed by atoms with Gasteiger partial charge in [-0.1, -0.05) is 30.3 Å². The first-order valence-electron chi connectivity index (χ1n) is 11.7. The lowest BCUT2D eigenvalue weighted by Crippen LogP contribution is -2.61. The van der Waals surface area contributed by atoms with Crippen LogP contribution in [0.15, 0.2) is 60.0 Å². The number of hydrazone groups is 1. The average molecular weight is 442 g/mol. The second kappa shape index (κ2) is 7.57. The molecule has 0 radical (unpaired) electrons. The zero-order chi connectivity index (χ0) is 22.5. The zero-order valence-corrected chi connectivity index (χ0v) is 18.7. The lowest BCUT2D eigenvalue weighted by atomic mass is 9.46. The lowest BCUT2D eigenvalue weighted by Gasteiger charge is -2.60. The van der Waals surface area contributed by atoms with Crippen LogP contribution in [0.3, 0.4) is 0 Å². The third kappa shape index (κ3) is 3.44. The molecule has 7 rings (SSSR count). The summed E-state index contributed by atoms with van der Waals surface area (Å²) in [4.78, 5) is 19.7. The van der Waals surface area contributed by atoms with Gasteiger partial charge < -0.3 is 0 Å². The van der Waals surface area contributed by atoms with Crippen molar-refractivity contribution in [2.45, 2.75) is 51.0 Å². The van der Waals surface area contributed by atoms with Crippen molar-refractivity contribution in [2.75, 3.05) is 0 Å². The Kier molecular flexibility index (Phi) is 4.64. The van der Waals surface area contributed by atoms with Crippen LogP contribution in [0, 0.1) is 24.2 Å². The van der Waals surface area contributed by atoms with Gasteiger partial charge in [0.25, 0.3) is 0 Å². The SMILES string of the molecule is Cc1nnn(C23C[C@H]4C[C@@H](CC(C(=O)N/N=C(/c5ccccc5)c5ccncc5)(C4)C2)C3)n1. The van der Waals surface area contributed by atoms with Gasteiger partial charge >= 0.3 is 0 Å². The van der Waals surface area contributed by atoms with E-state index in [-0.39, 0.29) is 11.4 Å². The van der Waals surface area contributed by atoms with Crippen molar-refractivity contribution in [3.8, 4) is 0 Å². The predicted octanol–water partition coefficient (Wildman–Crippen LogP) is 3.24. The molecule has 4 bridgehead atoms. The van der Waals surface area contributed by atoms with Crippen molar-refractivity contribution < 1.29 is 4.79 Å². The second-order valence-corrected chi connectivity index (χ2v) is 10.1. The average Bonchev–Trinajstić information content (AvgIpc) is 3.27. The van der Waals surface area contributed by atoms with Crippen LogP contribution in [0.5, 0.6) is 0 Å². The number of tetrazole rings is 1. The molecule has 4 fully saturated rings. The Hall–Kier alpha value is -3.42. The Bertz CT molecular complexity index is 1150. The van der Waals surface area contributed by atoms with Crippen LogP contribution in [0.25, 0.3) is 0 Å². The molecule has 168 valence electrons. The van der Waals surface area contributed by atoms with E-state index in [9.17, 15) is 4.79 Å². The molecule has 0 saturated heterocycles. The van der Waals surface area contributed by atoms with Gasteiger partial charge in [-0.3, -0.25) is 9.78 Å². The number of carbonyl (C=O) groups excluding carboxylic acids is 1. The fourth-order valence-corrected chi connectivity index (χ4v) is 6.83. The quantitative estimate of drug-likeness (QED) is 0.484. The van der Waals surface area contributed by atoms with E-state index >= 15 is 0 Å². The van der Waals surface area contributed by atoms with Crippen LogP contribution in [0.2, 0.25) is 0 Å². The highest BCUT2D eigenvalue weighted by Gasteiger charge is 2.62. The highest BCUT2D eigenvalue weighted by molar-refractivity contribution is 6.13. The standard InChI is InChI=1S/C25H27N7O/c1-17-27-31-32(30-17)25-14-18-11-19(15-25)13-24(12-18,16-25)23(33)29-28-22(20-5-3-2-4-6-20)21-7-9-26-10-8-21/h2-10,18-19H,11-16H2,1H3,(H,29,33)/b28-22-/t18-,19-,24?,25?/m0/s1. The third-order valence-corrected chi connectivity index (χ3v) is 7.72. The number of benzene rings is 1. The predicted molar refractivity (Wildman–Crippen MR) is 122 cm³/mol. The number of nitrogens with one attached hydrogen (secondary N) is 1. The molecule has 4 saturated carbocycles. The fourth-order valence-electron chi connectivity index (χ4n) is 6.83. The Balaban J connectivity index is 1.32. The summed E-state index contributed by atoms with van der Waals surface area (Å²) < 4.78 is 0. The van der Waals surface area contributed by atoms with E-state index in [0.29, 0.717) is 17.7 Å². The molecule has 1 aromatic carbocycles. The van der Waals surface area contributed by atoms with Crippen molar-refractivity contribution in [1.82, 2.24) is 30.6 Å². The Morgan fingerprint density at radius 1 is 1.03 bits per heavy atom. The van der Waals surface area contributed by atoms with Gasteiger partial charge in [-0.2, -0.15) is 9.90 Å². The number of hydrogen-bond acceptors (Lipinski definition) is 6. The molecule has 0 spiro atoms. The first-order valence-corrected chi connectivity index (χ1v) is 11.7. The van der Waals surface area contributed by atoms with E-state index in [4.69, 9.17) is 0 Å². The molecule has 4 aliphatic rings. The van der Waals surface area contributed by atoms with Gasteiger partial charge in [0.05, 0.1) is 16.7 Å². The van der Waals surface area contributed by atoms with Crippen molar-refractivity contribution in [2.24, 2.45) is 22.4 Å². The molecular weight excluding hydrogens is 414 g/mol. The number of amides is 1. The lowest BCUT2D eigenvalue weighted by molar-refractivity contribution is -0.157. The van der Waals surface area contributed by atoms with Crippen molar-refractivity contribution in [3.63, 3.8) is 0 Å². The molecule has 2 heterocycles. The van der Waals surface area contributed by atoms with Gasteiger partial charge in [-0.15, -0.1) is 10.2 Å². The van der Waals surface area contributed by atoms with E-state index in [2.05, 4.69) is 30.9 Å². The molecule has 4 aliphatic carbocycles. The zero-order valence-electron chi connectivity index (χ0n) is 18.7. The van der Waals surface area contributed by atoms with Crippen LogP contribution >= 0.6 is 0 Å². The Labute approximate surface area is 192 Å². The molecule has 8 nitrogen and oxygen atoms in total. The molecule has 0 aliphatic heterocycles. The fraction of sp³-hybridized carbons (Fsp3) is 0.440. The van der Waals surface area contributed by atoms with Crippen LogP contribution in [-0.2, 0) is 10.3 Å². The number of rotatable bonds is 5. The second-order valence-electron chi connectivity index (χ2n) is 10.1. The summed E-state index contributed by atoms with van der Waals surface area (Å²) in [6, 6.07) is 13.8. The largest absolute Gasteiger partial charge is 0.273 e. The number of aromatic nitrogens is 5. The van der Waals surface area contributed by atoms with Gasteiger partial charge in [-0.25, -0.2) is 5.43 Å². The summed E-state index contributed by atoms with van der Waals surface area (Å²) in [7, 11) is 0. The van der Waals surface area contributed by atoms with Crippen LogP contribution in [-0.4, -0.2) is 36.8 Å². The molecule has 1 N–H and O–H groups in total. The van der Waals surface area contributed by atoms with Crippen LogP contribution < -0.4 is 5.43 Å². The molecule has 0 unspecified atom stereocenters. The topological polar surface area (TPSA) is 98.0 Å². The van der Waals surface area contributed by atoms with E-state index in [1.165, 1.54) is 6.42 Å². The summed E-state index contributed by atoms with van der Waals surface area (Å²) >= 11 is 0. The van der Waals surface area contributed by atoms with E-state index in [0.717, 1.165) is 48.9 Å². The van der Waals surface area contributed by atoms with Crippen LogP contribution in [0.1, 0.15) is 55.5 Å². The maximum absolute atomic E-state index is 13.7. The van der Waals surface area contributed by atoms with Crippen molar-refractivity contribution in [1.29, 1.82) is 0 Å².